The van der Waals surface area contributed by atoms with Crippen molar-refractivity contribution in [3.05, 3.63) is 11.8 Å². The first kappa shape index (κ1) is 8.45. The molecule has 0 unspecified atom stereocenters. The summed E-state index contributed by atoms with van der Waals surface area (Å²) in [6.45, 7) is 0. The molecule has 1 rings (SSSR count). The van der Waals surface area contributed by atoms with Crippen LogP contribution in [-0.4, -0.2) is 25.3 Å². The van der Waals surface area contributed by atoms with E-state index in [2.05, 4.69) is 4.74 Å². The largest absolute Gasteiger partial charge is 0.492 e. The van der Waals surface area contributed by atoms with Crippen molar-refractivity contribution in [1.29, 1.82) is 0 Å². The number of methoxy groups -OCH3 is 2. The predicted octanol–water partition coefficient (Wildman–Crippen LogP) is 0.995. The number of ether oxygens (including phenoxy) is 2. The van der Waals surface area contributed by atoms with Gasteiger partial charge in [0.1, 0.15) is 0 Å². The molecule has 1 N–H and O–H groups in total. The number of carboxylic acids is 1. The molecule has 5 nitrogen and oxygen atoms in total. The highest BCUT2D eigenvalue weighted by Gasteiger charge is 2.18. The van der Waals surface area contributed by atoms with Gasteiger partial charge in [0.05, 0.1) is 20.3 Å². The lowest BCUT2D eigenvalue weighted by Crippen LogP contribution is -1.96. The molecule has 1 aromatic rings. The van der Waals surface area contributed by atoms with Crippen LogP contribution in [0.5, 0.6) is 11.7 Å². The van der Waals surface area contributed by atoms with Crippen LogP contribution in [-0.2, 0) is 0 Å². The van der Waals surface area contributed by atoms with E-state index in [4.69, 9.17) is 14.3 Å². The van der Waals surface area contributed by atoms with Crippen molar-refractivity contribution in [2.75, 3.05) is 14.2 Å². The maximum absolute atomic E-state index is 10.5. The fourth-order valence-corrected chi connectivity index (χ4v) is 0.754. The van der Waals surface area contributed by atoms with Crippen molar-refractivity contribution in [3.8, 4) is 11.7 Å². The molecule has 0 radical (unpaired) electrons. The molecule has 0 saturated heterocycles. The van der Waals surface area contributed by atoms with Crippen molar-refractivity contribution < 1.29 is 23.8 Å². The van der Waals surface area contributed by atoms with Crippen LogP contribution in [0.2, 0.25) is 0 Å². The van der Waals surface area contributed by atoms with Crippen LogP contribution in [0.15, 0.2) is 10.5 Å². The zero-order valence-electron chi connectivity index (χ0n) is 6.66. The summed E-state index contributed by atoms with van der Waals surface area (Å²) in [5.41, 5.74) is 0. The summed E-state index contributed by atoms with van der Waals surface area (Å²) in [5, 5.41) is 8.58. The summed E-state index contributed by atoms with van der Waals surface area (Å²) >= 11 is 0. The molecule has 0 aromatic carbocycles. The number of hydrogen-bond acceptors (Lipinski definition) is 4. The van der Waals surface area contributed by atoms with Gasteiger partial charge >= 0.3 is 5.97 Å². The SMILES string of the molecule is COc1cc(OC)c(C(=O)O)o1. The minimum Gasteiger partial charge on any atom is -0.492 e. The Hall–Kier alpha value is -1.65. The minimum atomic E-state index is -1.19. The monoisotopic (exact) mass is 172 g/mol. The van der Waals surface area contributed by atoms with E-state index in [-0.39, 0.29) is 17.5 Å². The molecule has 0 atom stereocenters. The zero-order valence-corrected chi connectivity index (χ0v) is 6.66. The van der Waals surface area contributed by atoms with E-state index in [9.17, 15) is 4.79 Å². The molecular weight excluding hydrogens is 164 g/mol. The molecule has 1 aromatic heterocycles. The van der Waals surface area contributed by atoms with Crippen LogP contribution >= 0.6 is 0 Å². The number of furan rings is 1. The van der Waals surface area contributed by atoms with E-state index >= 15 is 0 Å². The Bertz CT molecular complexity index is 288. The zero-order chi connectivity index (χ0) is 9.14. The maximum Gasteiger partial charge on any atom is 0.375 e. The molecule has 66 valence electrons. The topological polar surface area (TPSA) is 68.9 Å². The Morgan fingerprint density at radius 3 is 2.50 bits per heavy atom. The molecular formula is C7H8O5. The van der Waals surface area contributed by atoms with Gasteiger partial charge in [-0.1, -0.05) is 0 Å². The summed E-state index contributed by atoms with van der Waals surface area (Å²) < 4.78 is 14.2. The van der Waals surface area contributed by atoms with Crippen molar-refractivity contribution in [2.24, 2.45) is 0 Å². The Kier molecular flexibility index (Phi) is 2.23. The number of rotatable bonds is 3. The average molecular weight is 172 g/mol. The van der Waals surface area contributed by atoms with E-state index in [0.717, 1.165) is 0 Å². The predicted molar refractivity (Wildman–Crippen MR) is 38.8 cm³/mol. The lowest BCUT2D eigenvalue weighted by molar-refractivity contribution is 0.0651. The first-order valence-corrected chi connectivity index (χ1v) is 3.14. The summed E-state index contributed by atoms with van der Waals surface area (Å²) in [5.74, 6) is -1.17. The molecule has 0 amide bonds. The summed E-state index contributed by atoms with van der Waals surface area (Å²) in [6.07, 6.45) is 0. The highest BCUT2D eigenvalue weighted by Crippen LogP contribution is 2.27. The van der Waals surface area contributed by atoms with Gasteiger partial charge in [0.2, 0.25) is 0 Å². The van der Waals surface area contributed by atoms with Crippen LogP contribution in [0.25, 0.3) is 0 Å². The number of aromatic carboxylic acids is 1. The second kappa shape index (κ2) is 3.17. The van der Waals surface area contributed by atoms with E-state index in [1.54, 1.807) is 0 Å². The average Bonchev–Trinajstić information content (AvgIpc) is 2.47. The van der Waals surface area contributed by atoms with Crippen LogP contribution in [0.3, 0.4) is 0 Å². The van der Waals surface area contributed by atoms with Gasteiger partial charge in [-0.15, -0.1) is 0 Å². The first-order valence-electron chi connectivity index (χ1n) is 3.14. The smallest absolute Gasteiger partial charge is 0.375 e. The third kappa shape index (κ3) is 1.34. The molecule has 0 aliphatic heterocycles. The summed E-state index contributed by atoms with van der Waals surface area (Å²) in [4.78, 5) is 10.5. The molecule has 12 heavy (non-hydrogen) atoms. The second-order valence-electron chi connectivity index (χ2n) is 1.97. The van der Waals surface area contributed by atoms with Crippen molar-refractivity contribution >= 4 is 5.97 Å². The molecule has 0 fully saturated rings. The van der Waals surface area contributed by atoms with Gasteiger partial charge in [0, 0.05) is 0 Å². The Labute approximate surface area is 68.5 Å². The fraction of sp³-hybridized carbons (Fsp3) is 0.286. The van der Waals surface area contributed by atoms with Gasteiger partial charge in [0.15, 0.2) is 5.75 Å². The molecule has 0 spiro atoms. The lowest BCUT2D eigenvalue weighted by Gasteiger charge is -1.92. The van der Waals surface area contributed by atoms with Crippen LogP contribution in [0, 0.1) is 0 Å². The third-order valence-electron chi connectivity index (χ3n) is 1.29. The van der Waals surface area contributed by atoms with Crippen molar-refractivity contribution in [3.63, 3.8) is 0 Å². The Balaban J connectivity index is 3.08. The molecule has 1 heterocycles. The van der Waals surface area contributed by atoms with Gasteiger partial charge in [-0.2, -0.15) is 0 Å². The van der Waals surface area contributed by atoms with E-state index in [0.29, 0.717) is 0 Å². The number of hydrogen-bond donors (Lipinski definition) is 1. The number of carbonyl (C=O) groups is 1. The van der Waals surface area contributed by atoms with Gasteiger partial charge < -0.3 is 19.0 Å². The van der Waals surface area contributed by atoms with Crippen molar-refractivity contribution in [1.82, 2.24) is 0 Å². The van der Waals surface area contributed by atoms with Crippen molar-refractivity contribution in [2.45, 2.75) is 0 Å². The quantitative estimate of drug-likeness (QED) is 0.736. The van der Waals surface area contributed by atoms with Crippen LogP contribution in [0.1, 0.15) is 10.6 Å². The van der Waals surface area contributed by atoms with Gasteiger partial charge in [-0.25, -0.2) is 4.79 Å². The van der Waals surface area contributed by atoms with E-state index in [1.807, 2.05) is 0 Å². The molecule has 5 heteroatoms. The van der Waals surface area contributed by atoms with Crippen LogP contribution < -0.4 is 9.47 Å². The molecule has 0 aliphatic rings. The van der Waals surface area contributed by atoms with E-state index in [1.165, 1.54) is 20.3 Å². The molecule has 0 bridgehead atoms. The number of carboxylic acid groups (broad SMARTS) is 1. The lowest BCUT2D eigenvalue weighted by atomic mass is 10.4. The van der Waals surface area contributed by atoms with Gasteiger partial charge in [-0.05, 0) is 0 Å². The Morgan fingerprint density at radius 1 is 1.50 bits per heavy atom. The van der Waals surface area contributed by atoms with Gasteiger partial charge in [0.25, 0.3) is 11.7 Å². The van der Waals surface area contributed by atoms with E-state index < -0.39 is 5.97 Å². The highest BCUT2D eigenvalue weighted by atomic mass is 16.6. The Morgan fingerprint density at radius 2 is 2.17 bits per heavy atom. The fourth-order valence-electron chi connectivity index (χ4n) is 0.754. The highest BCUT2D eigenvalue weighted by molar-refractivity contribution is 5.87. The maximum atomic E-state index is 10.5. The summed E-state index contributed by atoms with van der Waals surface area (Å²) in [6, 6.07) is 1.36. The molecule has 0 saturated carbocycles. The normalized spacial score (nSPS) is 9.50. The standard InChI is InChI=1S/C7H8O5/c1-10-4-3-5(11-2)12-6(4)7(8)9/h3H,1-2H3,(H,8,9). The second-order valence-corrected chi connectivity index (χ2v) is 1.97. The third-order valence-corrected chi connectivity index (χ3v) is 1.29. The molecule has 0 aliphatic carbocycles. The first-order chi connectivity index (χ1) is 5.69. The summed E-state index contributed by atoms with van der Waals surface area (Å²) in [7, 11) is 2.74. The van der Waals surface area contributed by atoms with Crippen LogP contribution in [0.4, 0.5) is 0 Å². The minimum absolute atomic E-state index is 0.115. The van der Waals surface area contributed by atoms with Gasteiger partial charge in [-0.3, -0.25) is 0 Å².